The van der Waals surface area contributed by atoms with Crippen LogP contribution in [0.15, 0.2) is 24.3 Å². The average Bonchev–Trinajstić information content (AvgIpc) is 2.50. The van der Waals surface area contributed by atoms with Gasteiger partial charge in [-0.3, -0.25) is 0 Å². The fourth-order valence-electron chi connectivity index (χ4n) is 2.33. The van der Waals surface area contributed by atoms with Crippen molar-refractivity contribution in [3.8, 4) is 23.0 Å². The van der Waals surface area contributed by atoms with Crippen molar-refractivity contribution in [1.82, 2.24) is 0 Å². The Morgan fingerprint density at radius 2 is 1.78 bits per heavy atom. The zero-order chi connectivity index (χ0) is 17.1. The molecule has 2 aromatic carbocycles. The van der Waals surface area contributed by atoms with Crippen molar-refractivity contribution < 1.29 is 28.8 Å². The van der Waals surface area contributed by atoms with Crippen molar-refractivity contribution in [2.24, 2.45) is 0 Å². The maximum Gasteiger partial charge on any atom is 0.163 e. The number of hydrogen-bond acceptors (Lipinski definition) is 4. The van der Waals surface area contributed by atoms with Gasteiger partial charge in [0, 0.05) is 23.1 Å². The van der Waals surface area contributed by atoms with Crippen LogP contribution in [0.1, 0.15) is 30.9 Å². The topological polar surface area (TPSA) is 69.9 Å². The Labute approximate surface area is 132 Å². The molecule has 0 radical (unpaired) electrons. The standard InChI is InChI=1S/C17H18F2O4/c1-3-11-13(19)4-5-15(17(11)22)23-8-9(2)12-6-10(18)7-14(20)16(12)21/h4-7,9,20-22H,3,8H2,1-2H3. The summed E-state index contributed by atoms with van der Waals surface area (Å²) in [6.45, 7) is 3.37. The molecule has 23 heavy (non-hydrogen) atoms. The molecule has 0 spiro atoms. The third kappa shape index (κ3) is 3.47. The van der Waals surface area contributed by atoms with E-state index in [0.717, 1.165) is 12.1 Å². The van der Waals surface area contributed by atoms with Crippen LogP contribution < -0.4 is 4.74 Å². The first-order chi connectivity index (χ1) is 10.8. The van der Waals surface area contributed by atoms with Gasteiger partial charge in [-0.1, -0.05) is 13.8 Å². The zero-order valence-electron chi connectivity index (χ0n) is 12.8. The van der Waals surface area contributed by atoms with E-state index in [1.54, 1.807) is 13.8 Å². The number of halogens is 2. The Morgan fingerprint density at radius 3 is 2.43 bits per heavy atom. The van der Waals surface area contributed by atoms with Crippen LogP contribution in [0.4, 0.5) is 8.78 Å². The number of benzene rings is 2. The summed E-state index contributed by atoms with van der Waals surface area (Å²) in [6.07, 6.45) is 0.309. The van der Waals surface area contributed by atoms with Gasteiger partial charge in [0.15, 0.2) is 23.0 Å². The van der Waals surface area contributed by atoms with Crippen LogP contribution >= 0.6 is 0 Å². The Hall–Kier alpha value is -2.50. The number of hydrogen-bond donors (Lipinski definition) is 3. The van der Waals surface area contributed by atoms with Crippen LogP contribution in [0.3, 0.4) is 0 Å². The van der Waals surface area contributed by atoms with E-state index < -0.39 is 29.1 Å². The van der Waals surface area contributed by atoms with E-state index in [4.69, 9.17) is 4.74 Å². The monoisotopic (exact) mass is 324 g/mol. The van der Waals surface area contributed by atoms with Gasteiger partial charge in [-0.2, -0.15) is 0 Å². The van der Waals surface area contributed by atoms with Crippen molar-refractivity contribution >= 4 is 0 Å². The Balaban J connectivity index is 2.19. The third-order valence-electron chi connectivity index (χ3n) is 3.65. The molecule has 2 rings (SSSR count). The lowest BCUT2D eigenvalue weighted by molar-refractivity contribution is 0.275. The largest absolute Gasteiger partial charge is 0.504 e. The predicted molar refractivity (Wildman–Crippen MR) is 81.1 cm³/mol. The highest BCUT2D eigenvalue weighted by atomic mass is 19.1. The first kappa shape index (κ1) is 16.9. The van der Waals surface area contributed by atoms with Crippen molar-refractivity contribution in [1.29, 1.82) is 0 Å². The van der Waals surface area contributed by atoms with Crippen LogP contribution in [-0.4, -0.2) is 21.9 Å². The van der Waals surface area contributed by atoms with E-state index in [9.17, 15) is 24.1 Å². The Morgan fingerprint density at radius 1 is 1.09 bits per heavy atom. The molecule has 0 bridgehead atoms. The van der Waals surface area contributed by atoms with Crippen molar-refractivity contribution in [3.05, 3.63) is 47.0 Å². The lowest BCUT2D eigenvalue weighted by Gasteiger charge is -2.17. The minimum Gasteiger partial charge on any atom is -0.504 e. The summed E-state index contributed by atoms with van der Waals surface area (Å²) in [6, 6.07) is 4.42. The maximum absolute atomic E-state index is 13.5. The normalized spacial score (nSPS) is 12.2. The van der Waals surface area contributed by atoms with E-state index in [1.165, 1.54) is 12.1 Å². The molecule has 0 saturated heterocycles. The minimum atomic E-state index is -0.681. The predicted octanol–water partition coefficient (Wildman–Crippen LogP) is 3.83. The Bertz CT molecular complexity index is 716. The second kappa shape index (κ2) is 6.73. The van der Waals surface area contributed by atoms with E-state index >= 15 is 0 Å². The molecule has 0 heterocycles. The van der Waals surface area contributed by atoms with Crippen molar-refractivity contribution in [3.63, 3.8) is 0 Å². The molecule has 3 N–H and O–H groups in total. The molecular formula is C17H18F2O4. The summed E-state index contributed by atoms with van der Waals surface area (Å²) in [5.74, 6) is -2.80. The highest BCUT2D eigenvalue weighted by molar-refractivity contribution is 5.48. The molecule has 1 unspecified atom stereocenters. The number of phenolic OH excluding ortho intramolecular Hbond substituents is 3. The van der Waals surface area contributed by atoms with Crippen molar-refractivity contribution in [2.45, 2.75) is 26.2 Å². The summed E-state index contributed by atoms with van der Waals surface area (Å²) in [5, 5.41) is 29.2. The van der Waals surface area contributed by atoms with E-state index in [0.29, 0.717) is 6.42 Å². The second-order valence-corrected chi connectivity index (χ2v) is 5.30. The first-order valence-corrected chi connectivity index (χ1v) is 7.19. The maximum atomic E-state index is 13.5. The average molecular weight is 324 g/mol. The number of phenols is 3. The molecular weight excluding hydrogens is 306 g/mol. The summed E-state index contributed by atoms with van der Waals surface area (Å²) in [4.78, 5) is 0. The molecule has 0 saturated carbocycles. The van der Waals surface area contributed by atoms with Crippen LogP contribution in [0.2, 0.25) is 0 Å². The van der Waals surface area contributed by atoms with Gasteiger partial charge >= 0.3 is 0 Å². The zero-order valence-corrected chi connectivity index (χ0v) is 12.8. The highest BCUT2D eigenvalue weighted by Crippen LogP contribution is 2.36. The number of aromatic hydroxyl groups is 3. The molecule has 124 valence electrons. The summed E-state index contributed by atoms with van der Waals surface area (Å²) in [7, 11) is 0. The molecule has 0 aliphatic carbocycles. The third-order valence-corrected chi connectivity index (χ3v) is 3.65. The van der Waals surface area contributed by atoms with Gasteiger partial charge in [0.05, 0.1) is 6.61 Å². The first-order valence-electron chi connectivity index (χ1n) is 7.19. The van der Waals surface area contributed by atoms with Gasteiger partial charge in [-0.25, -0.2) is 8.78 Å². The number of ether oxygens (including phenoxy) is 1. The summed E-state index contributed by atoms with van der Waals surface area (Å²) < 4.78 is 32.3. The van der Waals surface area contributed by atoms with Gasteiger partial charge < -0.3 is 20.1 Å². The minimum absolute atomic E-state index is 0.00119. The van der Waals surface area contributed by atoms with Gasteiger partial charge in [0.25, 0.3) is 0 Å². The SMILES string of the molecule is CCc1c(F)ccc(OCC(C)c2cc(F)cc(O)c2O)c1O. The molecule has 2 aromatic rings. The van der Waals surface area contributed by atoms with E-state index in [2.05, 4.69) is 0 Å². The van der Waals surface area contributed by atoms with Crippen LogP contribution in [0.5, 0.6) is 23.0 Å². The van der Waals surface area contributed by atoms with Gasteiger partial charge in [-0.05, 0) is 24.6 Å². The Kier molecular flexibility index (Phi) is 4.93. The van der Waals surface area contributed by atoms with Gasteiger partial charge in [0.1, 0.15) is 11.6 Å². The molecule has 6 heteroatoms. The molecule has 0 aromatic heterocycles. The molecule has 0 fully saturated rings. The molecule has 0 aliphatic heterocycles. The quantitative estimate of drug-likeness (QED) is 0.731. The molecule has 0 aliphatic rings. The molecule has 1 atom stereocenters. The second-order valence-electron chi connectivity index (χ2n) is 5.30. The molecule has 0 amide bonds. The van der Waals surface area contributed by atoms with E-state index in [-0.39, 0.29) is 29.2 Å². The van der Waals surface area contributed by atoms with Crippen molar-refractivity contribution in [2.75, 3.05) is 6.61 Å². The van der Waals surface area contributed by atoms with Crippen LogP contribution in [0.25, 0.3) is 0 Å². The molecule has 4 nitrogen and oxygen atoms in total. The van der Waals surface area contributed by atoms with Crippen LogP contribution in [0, 0.1) is 11.6 Å². The van der Waals surface area contributed by atoms with Gasteiger partial charge in [0.2, 0.25) is 0 Å². The summed E-state index contributed by atoms with van der Waals surface area (Å²) in [5.41, 5.74) is 0.334. The van der Waals surface area contributed by atoms with Crippen LogP contribution in [-0.2, 0) is 6.42 Å². The number of rotatable bonds is 5. The lowest BCUT2D eigenvalue weighted by Crippen LogP contribution is -2.08. The van der Waals surface area contributed by atoms with Gasteiger partial charge in [-0.15, -0.1) is 0 Å². The fourth-order valence-corrected chi connectivity index (χ4v) is 2.33. The summed E-state index contributed by atoms with van der Waals surface area (Å²) >= 11 is 0. The highest BCUT2D eigenvalue weighted by Gasteiger charge is 2.18. The smallest absolute Gasteiger partial charge is 0.163 e. The van der Waals surface area contributed by atoms with E-state index in [1.807, 2.05) is 0 Å². The fraction of sp³-hybridized carbons (Fsp3) is 0.294. The lowest BCUT2D eigenvalue weighted by atomic mass is 10.0.